The molecule has 1 saturated heterocycles. The number of piperazine rings is 1. The molecule has 196 valence electrons. The summed E-state index contributed by atoms with van der Waals surface area (Å²) in [5.41, 5.74) is 7.33. The summed E-state index contributed by atoms with van der Waals surface area (Å²) < 4.78 is 40.5. The number of amides is 2. The lowest BCUT2D eigenvalue weighted by Gasteiger charge is -2.38. The zero-order valence-corrected chi connectivity index (χ0v) is 20.9. The van der Waals surface area contributed by atoms with Crippen molar-refractivity contribution in [3.8, 4) is 16.9 Å². The number of carbonyl (C=O) groups excluding carboxylic acids is 1. The van der Waals surface area contributed by atoms with Crippen LogP contribution in [-0.2, 0) is 6.18 Å². The van der Waals surface area contributed by atoms with E-state index in [-0.39, 0.29) is 11.8 Å². The number of rotatable bonds is 4. The Balaban J connectivity index is 1.41. The fourth-order valence-corrected chi connectivity index (χ4v) is 5.22. The molecule has 2 aromatic carbocycles. The molecular formula is C26H28ClF3N6O. The molecule has 2 amide bonds. The van der Waals surface area contributed by atoms with Crippen LogP contribution in [0.3, 0.4) is 0 Å². The highest BCUT2D eigenvalue weighted by Crippen LogP contribution is 2.36. The van der Waals surface area contributed by atoms with Crippen molar-refractivity contribution < 1.29 is 18.0 Å². The standard InChI is InChI=1S/C26H28ClF3N6O/c27-19-9-5-17(6-10-19)22-23(24(31)36(33-22)21-11-7-18(8-12-21)26(28,29)30)32-25(37)35-15-13-34(14-16-35)20-3-1-2-4-20/h5-12,20H,1-4,13-16,31H2,(H,32,37). The number of nitrogens with two attached hydrogens (primary N) is 1. The predicted octanol–water partition coefficient (Wildman–Crippen LogP) is 5.89. The number of carbonyl (C=O) groups is 1. The molecule has 0 bridgehead atoms. The molecule has 0 atom stereocenters. The number of hydrogen-bond donors (Lipinski definition) is 2. The van der Waals surface area contributed by atoms with E-state index in [1.807, 2.05) is 0 Å². The number of benzene rings is 2. The van der Waals surface area contributed by atoms with Crippen molar-refractivity contribution in [3.63, 3.8) is 0 Å². The highest BCUT2D eigenvalue weighted by molar-refractivity contribution is 6.30. The minimum Gasteiger partial charge on any atom is -0.382 e. The third kappa shape index (κ3) is 5.40. The van der Waals surface area contributed by atoms with Crippen LogP contribution in [0.25, 0.3) is 16.9 Å². The summed E-state index contributed by atoms with van der Waals surface area (Å²) in [6.45, 7) is 2.85. The first-order valence-electron chi connectivity index (χ1n) is 12.3. The number of nitrogens with one attached hydrogen (secondary N) is 1. The molecule has 3 N–H and O–H groups in total. The van der Waals surface area contributed by atoms with Crippen LogP contribution >= 0.6 is 11.6 Å². The van der Waals surface area contributed by atoms with E-state index >= 15 is 0 Å². The summed E-state index contributed by atoms with van der Waals surface area (Å²) in [5.74, 6) is 0.114. The first kappa shape index (κ1) is 25.4. The van der Waals surface area contributed by atoms with Gasteiger partial charge in [-0.25, -0.2) is 9.48 Å². The predicted molar refractivity (Wildman–Crippen MR) is 138 cm³/mol. The second-order valence-electron chi connectivity index (χ2n) is 9.46. The van der Waals surface area contributed by atoms with Crippen molar-refractivity contribution in [3.05, 3.63) is 59.1 Å². The Labute approximate surface area is 218 Å². The maximum Gasteiger partial charge on any atom is 0.416 e. The highest BCUT2D eigenvalue weighted by atomic mass is 35.5. The largest absolute Gasteiger partial charge is 0.416 e. The molecule has 3 aromatic rings. The minimum absolute atomic E-state index is 0.114. The van der Waals surface area contributed by atoms with E-state index in [1.54, 1.807) is 29.2 Å². The topological polar surface area (TPSA) is 79.4 Å². The van der Waals surface area contributed by atoms with Gasteiger partial charge in [-0.05, 0) is 49.2 Å². The molecule has 5 rings (SSSR count). The number of hydrogen-bond acceptors (Lipinski definition) is 4. The smallest absolute Gasteiger partial charge is 0.382 e. The summed E-state index contributed by atoms with van der Waals surface area (Å²) in [5, 5.41) is 8.01. The molecule has 37 heavy (non-hydrogen) atoms. The Morgan fingerprint density at radius 2 is 1.59 bits per heavy atom. The minimum atomic E-state index is -4.45. The molecule has 1 aliphatic heterocycles. The number of halogens is 4. The van der Waals surface area contributed by atoms with Crippen LogP contribution in [0.5, 0.6) is 0 Å². The fourth-order valence-electron chi connectivity index (χ4n) is 5.10. The second-order valence-corrected chi connectivity index (χ2v) is 9.90. The summed E-state index contributed by atoms with van der Waals surface area (Å²) in [4.78, 5) is 17.5. The van der Waals surface area contributed by atoms with Crippen molar-refractivity contribution in [1.29, 1.82) is 0 Å². The third-order valence-electron chi connectivity index (χ3n) is 7.15. The molecule has 2 fully saturated rings. The lowest BCUT2D eigenvalue weighted by molar-refractivity contribution is -0.137. The molecule has 2 aliphatic rings. The maximum absolute atomic E-state index is 13.2. The Hall–Kier alpha value is -3.24. The number of alkyl halides is 3. The number of nitrogens with zero attached hydrogens (tertiary/aromatic N) is 4. The van der Waals surface area contributed by atoms with Crippen molar-refractivity contribution in [2.24, 2.45) is 0 Å². The summed E-state index contributed by atoms with van der Waals surface area (Å²) in [6.07, 6.45) is 0.512. The lowest BCUT2D eigenvalue weighted by Crippen LogP contribution is -2.52. The van der Waals surface area contributed by atoms with Crippen LogP contribution in [0, 0.1) is 0 Å². The van der Waals surface area contributed by atoms with Gasteiger partial charge in [0.15, 0.2) is 5.82 Å². The van der Waals surface area contributed by atoms with Crippen LogP contribution in [0.2, 0.25) is 5.02 Å². The monoisotopic (exact) mass is 532 g/mol. The van der Waals surface area contributed by atoms with Gasteiger partial charge < -0.3 is 16.0 Å². The molecule has 2 heterocycles. The molecule has 7 nitrogen and oxygen atoms in total. The zero-order valence-electron chi connectivity index (χ0n) is 20.1. The molecule has 11 heteroatoms. The van der Waals surface area contributed by atoms with Gasteiger partial charge in [0.05, 0.1) is 11.3 Å². The average Bonchev–Trinajstić information content (AvgIpc) is 3.53. The van der Waals surface area contributed by atoms with E-state index < -0.39 is 11.7 Å². The second kappa shape index (κ2) is 10.3. The molecule has 1 saturated carbocycles. The first-order valence-corrected chi connectivity index (χ1v) is 12.7. The SMILES string of the molecule is Nc1c(NC(=O)N2CCN(C3CCCC3)CC2)c(-c2ccc(Cl)cc2)nn1-c1ccc(C(F)(F)F)cc1. The molecule has 1 aliphatic carbocycles. The first-order chi connectivity index (χ1) is 17.7. The van der Waals surface area contributed by atoms with Gasteiger partial charge in [-0.1, -0.05) is 36.6 Å². The van der Waals surface area contributed by atoms with Gasteiger partial charge in [0.2, 0.25) is 0 Å². The van der Waals surface area contributed by atoms with Gasteiger partial charge >= 0.3 is 12.2 Å². The molecule has 1 aromatic heterocycles. The molecule has 0 radical (unpaired) electrons. The number of aromatic nitrogens is 2. The average molecular weight is 533 g/mol. The summed E-state index contributed by atoms with van der Waals surface area (Å²) in [7, 11) is 0. The van der Waals surface area contributed by atoms with Gasteiger partial charge in [-0.2, -0.15) is 18.3 Å². The van der Waals surface area contributed by atoms with Crippen LogP contribution in [0.1, 0.15) is 31.2 Å². The molecular weight excluding hydrogens is 505 g/mol. The van der Waals surface area contributed by atoms with Gasteiger partial charge in [0.1, 0.15) is 11.4 Å². The Bertz CT molecular complexity index is 1250. The normalized spacial score (nSPS) is 17.4. The Morgan fingerprint density at radius 3 is 2.19 bits per heavy atom. The van der Waals surface area contributed by atoms with E-state index in [4.69, 9.17) is 17.3 Å². The van der Waals surface area contributed by atoms with E-state index in [1.165, 1.54) is 42.5 Å². The van der Waals surface area contributed by atoms with E-state index in [0.29, 0.717) is 46.8 Å². The highest BCUT2D eigenvalue weighted by Gasteiger charge is 2.31. The van der Waals surface area contributed by atoms with Crippen molar-refractivity contribution in [2.45, 2.75) is 37.9 Å². The van der Waals surface area contributed by atoms with Gasteiger partial charge in [0.25, 0.3) is 0 Å². The quantitative estimate of drug-likeness (QED) is 0.439. The number of anilines is 2. The van der Waals surface area contributed by atoms with E-state index in [2.05, 4.69) is 15.3 Å². The van der Waals surface area contributed by atoms with Crippen molar-refractivity contribution in [2.75, 3.05) is 37.2 Å². The fraction of sp³-hybridized carbons (Fsp3) is 0.385. The van der Waals surface area contributed by atoms with Crippen LogP contribution in [-0.4, -0.2) is 57.8 Å². The van der Waals surface area contributed by atoms with Crippen molar-refractivity contribution >= 4 is 29.1 Å². The van der Waals surface area contributed by atoms with Gasteiger partial charge in [0, 0.05) is 42.8 Å². The van der Waals surface area contributed by atoms with Crippen molar-refractivity contribution in [1.82, 2.24) is 19.6 Å². The Morgan fingerprint density at radius 1 is 0.973 bits per heavy atom. The Kier molecular flexibility index (Phi) is 7.04. The summed E-state index contributed by atoms with van der Waals surface area (Å²) in [6, 6.07) is 11.7. The summed E-state index contributed by atoms with van der Waals surface area (Å²) >= 11 is 6.04. The number of nitrogen functional groups attached to an aromatic ring is 1. The van der Waals surface area contributed by atoms with Crippen LogP contribution in [0.15, 0.2) is 48.5 Å². The van der Waals surface area contributed by atoms with E-state index in [0.717, 1.165) is 25.2 Å². The lowest BCUT2D eigenvalue weighted by atomic mass is 10.1. The maximum atomic E-state index is 13.2. The van der Waals surface area contributed by atoms with Crippen LogP contribution in [0.4, 0.5) is 29.5 Å². The molecule has 0 spiro atoms. The van der Waals surface area contributed by atoms with Crippen LogP contribution < -0.4 is 11.1 Å². The van der Waals surface area contributed by atoms with Gasteiger partial charge in [-0.15, -0.1) is 0 Å². The molecule has 0 unspecified atom stereocenters. The van der Waals surface area contributed by atoms with Gasteiger partial charge in [-0.3, -0.25) is 4.90 Å². The third-order valence-corrected chi connectivity index (χ3v) is 7.40. The van der Waals surface area contributed by atoms with E-state index in [9.17, 15) is 18.0 Å². The zero-order chi connectivity index (χ0) is 26.2. The number of urea groups is 1.